The molecule has 0 aliphatic heterocycles. The summed E-state index contributed by atoms with van der Waals surface area (Å²) in [6.07, 6.45) is 13.8. The molecule has 2 unspecified atom stereocenters. The Bertz CT molecular complexity index is 1310. The molecule has 31 heavy (non-hydrogen) atoms. The average molecular weight is 418 g/mol. The number of nitrogens with zero attached hydrogens (tertiary/aromatic N) is 4. The van der Waals surface area contributed by atoms with Gasteiger partial charge >= 0.3 is 0 Å². The zero-order valence-corrected chi connectivity index (χ0v) is 17.5. The Labute approximate surface area is 179 Å². The van der Waals surface area contributed by atoms with E-state index in [1.165, 1.54) is 43.9 Å². The lowest BCUT2D eigenvalue weighted by atomic mass is 9.95. The van der Waals surface area contributed by atoms with Crippen molar-refractivity contribution in [2.24, 2.45) is 0 Å². The Morgan fingerprint density at radius 3 is 2.68 bits per heavy atom. The van der Waals surface area contributed by atoms with Crippen LogP contribution in [0.5, 0.6) is 0 Å². The summed E-state index contributed by atoms with van der Waals surface area (Å²) < 4.78 is 4.36. The van der Waals surface area contributed by atoms with E-state index < -0.39 is 0 Å². The van der Waals surface area contributed by atoms with Crippen LogP contribution in [0.4, 0.5) is 0 Å². The number of fused-ring (bicyclic) bond motifs is 2. The zero-order valence-electron chi connectivity index (χ0n) is 17.5. The van der Waals surface area contributed by atoms with E-state index in [1.807, 2.05) is 17.1 Å². The van der Waals surface area contributed by atoms with Gasteiger partial charge in [-0.05, 0) is 49.8 Å². The molecule has 6 rings (SSSR count). The van der Waals surface area contributed by atoms with E-state index in [9.17, 15) is 9.90 Å². The third kappa shape index (κ3) is 3.10. The first-order chi connectivity index (χ1) is 15.2. The summed E-state index contributed by atoms with van der Waals surface area (Å²) >= 11 is 0. The smallest absolute Gasteiger partial charge is 0.275 e. The predicted octanol–water partition coefficient (Wildman–Crippen LogP) is 4.33. The van der Waals surface area contributed by atoms with Crippen molar-refractivity contribution in [2.75, 3.05) is 0 Å². The summed E-state index contributed by atoms with van der Waals surface area (Å²) in [6.45, 7) is 0. The van der Waals surface area contributed by atoms with Crippen LogP contribution in [-0.4, -0.2) is 35.3 Å². The van der Waals surface area contributed by atoms with Gasteiger partial charge in [0.2, 0.25) is 0 Å². The van der Waals surface area contributed by atoms with E-state index in [2.05, 4.69) is 32.7 Å². The van der Waals surface area contributed by atoms with E-state index in [4.69, 9.17) is 4.98 Å². The second kappa shape index (κ2) is 7.34. The van der Waals surface area contributed by atoms with Gasteiger partial charge in [0, 0.05) is 23.8 Å². The Balaban J connectivity index is 1.46. The molecular formula is C24H27N5O2. The highest BCUT2D eigenvalue weighted by Crippen LogP contribution is 2.37. The van der Waals surface area contributed by atoms with Crippen LogP contribution in [0.1, 0.15) is 63.5 Å². The third-order valence-electron chi connectivity index (χ3n) is 7.23. The number of hydrogen-bond acceptors (Lipinski definition) is 4. The fourth-order valence-electron chi connectivity index (χ4n) is 5.63. The Hall–Kier alpha value is -2.93. The molecule has 7 heteroatoms. The first kappa shape index (κ1) is 18.8. The standard InChI is InChI=1S/C24H27N5O2/c30-18-8-7-17(11-18)28-12-19(22-23(28)24(31)26-13-25-22)15-6-9-21-20(10-15)27-14-29(21)16-4-2-1-3-5-16/h6,9-10,12-14,16-18,30H,1-5,7-8,11H2,(H,25,26,31). The van der Waals surface area contributed by atoms with Gasteiger partial charge in [0.15, 0.2) is 0 Å². The summed E-state index contributed by atoms with van der Waals surface area (Å²) in [4.78, 5) is 24.6. The highest BCUT2D eigenvalue weighted by molar-refractivity contribution is 5.95. The van der Waals surface area contributed by atoms with Crippen molar-refractivity contribution in [3.8, 4) is 11.1 Å². The number of rotatable bonds is 3. The lowest BCUT2D eigenvalue weighted by Crippen LogP contribution is -2.14. The van der Waals surface area contributed by atoms with Crippen LogP contribution < -0.4 is 5.56 Å². The topological polar surface area (TPSA) is 88.7 Å². The molecule has 0 amide bonds. The van der Waals surface area contributed by atoms with E-state index in [1.54, 1.807) is 0 Å². The van der Waals surface area contributed by atoms with Gasteiger partial charge in [0.25, 0.3) is 5.56 Å². The minimum Gasteiger partial charge on any atom is -0.393 e. The minimum absolute atomic E-state index is 0.116. The van der Waals surface area contributed by atoms with Gasteiger partial charge in [0.05, 0.1) is 29.8 Å². The second-order valence-corrected chi connectivity index (χ2v) is 9.15. The highest BCUT2D eigenvalue weighted by Gasteiger charge is 2.27. The molecular weight excluding hydrogens is 390 g/mol. The molecule has 1 aromatic carbocycles. The van der Waals surface area contributed by atoms with Gasteiger partial charge in [-0.15, -0.1) is 0 Å². The van der Waals surface area contributed by atoms with Crippen LogP contribution in [0.3, 0.4) is 0 Å². The molecule has 160 valence electrons. The number of aromatic amines is 1. The summed E-state index contributed by atoms with van der Waals surface area (Å²) in [5.41, 5.74) is 5.26. The van der Waals surface area contributed by atoms with Gasteiger partial charge in [-0.25, -0.2) is 9.97 Å². The number of nitrogens with one attached hydrogen (secondary N) is 1. The predicted molar refractivity (Wildman–Crippen MR) is 120 cm³/mol. The van der Waals surface area contributed by atoms with Crippen molar-refractivity contribution in [3.63, 3.8) is 0 Å². The summed E-state index contributed by atoms with van der Waals surface area (Å²) in [5.74, 6) is 0. The van der Waals surface area contributed by atoms with Crippen molar-refractivity contribution in [3.05, 3.63) is 47.4 Å². The van der Waals surface area contributed by atoms with Crippen molar-refractivity contribution >= 4 is 22.1 Å². The molecule has 2 atom stereocenters. The van der Waals surface area contributed by atoms with Crippen molar-refractivity contribution in [1.29, 1.82) is 0 Å². The van der Waals surface area contributed by atoms with Crippen LogP contribution in [0.2, 0.25) is 0 Å². The van der Waals surface area contributed by atoms with Crippen LogP contribution in [0, 0.1) is 0 Å². The quantitative estimate of drug-likeness (QED) is 0.519. The highest BCUT2D eigenvalue weighted by atomic mass is 16.3. The molecule has 2 aliphatic rings. The number of aliphatic hydroxyl groups is 1. The molecule has 2 saturated carbocycles. The average Bonchev–Trinajstić information content (AvgIpc) is 3.50. The molecule has 3 aromatic heterocycles. The number of imidazole rings is 1. The summed E-state index contributed by atoms with van der Waals surface area (Å²) in [6, 6.07) is 7.04. The fourth-order valence-corrected chi connectivity index (χ4v) is 5.63. The van der Waals surface area contributed by atoms with Gasteiger partial charge in [-0.2, -0.15) is 0 Å². The van der Waals surface area contributed by atoms with E-state index in [0.717, 1.165) is 29.5 Å². The maximum Gasteiger partial charge on any atom is 0.275 e. The van der Waals surface area contributed by atoms with Crippen LogP contribution in [0.15, 0.2) is 41.8 Å². The van der Waals surface area contributed by atoms with Gasteiger partial charge < -0.3 is 19.2 Å². The Morgan fingerprint density at radius 2 is 1.87 bits per heavy atom. The van der Waals surface area contributed by atoms with E-state index in [-0.39, 0.29) is 17.7 Å². The monoisotopic (exact) mass is 417 g/mol. The third-order valence-corrected chi connectivity index (χ3v) is 7.23. The molecule has 0 bridgehead atoms. The van der Waals surface area contributed by atoms with E-state index >= 15 is 0 Å². The minimum atomic E-state index is -0.304. The molecule has 7 nitrogen and oxygen atoms in total. The maximum atomic E-state index is 12.7. The molecule has 0 radical (unpaired) electrons. The number of aliphatic hydroxyl groups excluding tert-OH is 1. The van der Waals surface area contributed by atoms with Gasteiger partial charge in [-0.3, -0.25) is 4.79 Å². The number of H-pyrrole nitrogens is 1. The summed E-state index contributed by atoms with van der Waals surface area (Å²) in [5, 5.41) is 10.0. The molecule has 0 saturated heterocycles. The lowest BCUT2D eigenvalue weighted by Gasteiger charge is -2.23. The van der Waals surface area contributed by atoms with Crippen LogP contribution in [-0.2, 0) is 0 Å². The van der Waals surface area contributed by atoms with Gasteiger partial charge in [0.1, 0.15) is 11.0 Å². The largest absolute Gasteiger partial charge is 0.393 e. The molecule has 2 fully saturated rings. The van der Waals surface area contributed by atoms with Crippen molar-refractivity contribution < 1.29 is 5.11 Å². The maximum absolute atomic E-state index is 12.7. The molecule has 0 spiro atoms. The summed E-state index contributed by atoms with van der Waals surface area (Å²) in [7, 11) is 0. The first-order valence-corrected chi connectivity index (χ1v) is 11.4. The number of aromatic nitrogens is 5. The zero-order chi connectivity index (χ0) is 20.9. The Kier molecular flexibility index (Phi) is 4.45. The van der Waals surface area contributed by atoms with E-state index in [0.29, 0.717) is 23.5 Å². The number of benzene rings is 1. The molecule has 2 aliphatic carbocycles. The Morgan fingerprint density at radius 1 is 1.00 bits per heavy atom. The first-order valence-electron chi connectivity index (χ1n) is 11.4. The van der Waals surface area contributed by atoms with Crippen molar-refractivity contribution in [2.45, 2.75) is 69.6 Å². The molecule has 2 N–H and O–H groups in total. The number of hydrogen-bond donors (Lipinski definition) is 2. The normalized spacial score (nSPS) is 22.6. The molecule has 3 heterocycles. The molecule has 4 aromatic rings. The lowest BCUT2D eigenvalue weighted by molar-refractivity contribution is 0.178. The van der Waals surface area contributed by atoms with Crippen molar-refractivity contribution in [1.82, 2.24) is 24.1 Å². The van der Waals surface area contributed by atoms with Gasteiger partial charge in [-0.1, -0.05) is 25.3 Å². The second-order valence-electron chi connectivity index (χ2n) is 9.15. The fraction of sp³-hybridized carbons (Fsp3) is 0.458. The van der Waals surface area contributed by atoms with Crippen LogP contribution in [0.25, 0.3) is 33.2 Å². The SMILES string of the molecule is O=c1[nH]cnc2c(-c3ccc4c(c3)ncn4C3CCCCC3)cn(C3CCC(O)C3)c12. The van der Waals surface area contributed by atoms with Crippen LogP contribution >= 0.6 is 0 Å².